The number of piperazine rings is 2. The molecule has 0 aromatic rings. The molecule has 0 spiro atoms. The van der Waals surface area contributed by atoms with E-state index in [9.17, 15) is 0 Å². The molecule has 0 amide bonds. The molecule has 2 saturated heterocycles. The fourth-order valence-electron chi connectivity index (χ4n) is 2.76. The van der Waals surface area contributed by atoms with E-state index in [0.29, 0.717) is 6.04 Å². The molecule has 0 aliphatic carbocycles. The second-order valence-corrected chi connectivity index (χ2v) is 6.51. The summed E-state index contributed by atoms with van der Waals surface area (Å²) in [5, 5.41) is 0. The third-order valence-electron chi connectivity index (χ3n) is 3.67. The summed E-state index contributed by atoms with van der Waals surface area (Å²) in [6, 6.07) is 0.623. The lowest BCUT2D eigenvalue weighted by atomic mass is 10.1. The fourth-order valence-corrected chi connectivity index (χ4v) is 2.76. The van der Waals surface area contributed by atoms with Crippen molar-refractivity contribution < 1.29 is 4.74 Å². The molecule has 2 aliphatic rings. The molecule has 0 radical (unpaired) electrons. The molecule has 104 valence electrons. The summed E-state index contributed by atoms with van der Waals surface area (Å²) in [6.07, 6.45) is 0. The first kappa shape index (κ1) is 13.7. The third-order valence-corrected chi connectivity index (χ3v) is 3.67. The number of nitrogens with zero attached hydrogens (tertiary/aromatic N) is 3. The standard InChI is InChI=1S/C14H27N3O/c1-12(18-14(2,3)4)17-9-8-16-7-6-15(5)10-13(16)11-17/h13H,1,6-11H2,2-5H3. The van der Waals surface area contributed by atoms with Crippen LogP contribution < -0.4 is 0 Å². The molecule has 4 nitrogen and oxygen atoms in total. The van der Waals surface area contributed by atoms with Gasteiger partial charge >= 0.3 is 0 Å². The Morgan fingerprint density at radius 3 is 2.44 bits per heavy atom. The smallest absolute Gasteiger partial charge is 0.182 e. The highest BCUT2D eigenvalue weighted by atomic mass is 16.5. The maximum absolute atomic E-state index is 5.88. The molecule has 2 aliphatic heterocycles. The zero-order valence-electron chi connectivity index (χ0n) is 12.3. The van der Waals surface area contributed by atoms with Gasteiger partial charge in [-0.2, -0.15) is 0 Å². The zero-order valence-corrected chi connectivity index (χ0v) is 12.3. The molecule has 0 aromatic carbocycles. The molecule has 2 heterocycles. The van der Waals surface area contributed by atoms with Gasteiger partial charge in [0.25, 0.3) is 0 Å². The first-order valence-corrected chi connectivity index (χ1v) is 6.90. The first-order valence-electron chi connectivity index (χ1n) is 6.90. The SMILES string of the molecule is C=C(OC(C)(C)C)N1CCN2CCN(C)CC2C1. The van der Waals surface area contributed by atoms with Crippen LogP contribution in [0.4, 0.5) is 0 Å². The van der Waals surface area contributed by atoms with Crippen molar-refractivity contribution in [1.82, 2.24) is 14.7 Å². The van der Waals surface area contributed by atoms with Crippen molar-refractivity contribution in [2.75, 3.05) is 46.3 Å². The van der Waals surface area contributed by atoms with E-state index in [1.807, 2.05) is 0 Å². The molecule has 0 bridgehead atoms. The number of rotatable bonds is 2. The normalized spacial score (nSPS) is 26.9. The van der Waals surface area contributed by atoms with Gasteiger partial charge in [0, 0.05) is 45.3 Å². The number of hydrogen-bond donors (Lipinski definition) is 0. The number of fused-ring (bicyclic) bond motifs is 1. The van der Waals surface area contributed by atoms with E-state index in [1.54, 1.807) is 0 Å². The van der Waals surface area contributed by atoms with Crippen LogP contribution in [0, 0.1) is 0 Å². The minimum atomic E-state index is -0.155. The maximum atomic E-state index is 5.88. The predicted molar refractivity (Wildman–Crippen MR) is 74.4 cm³/mol. The maximum Gasteiger partial charge on any atom is 0.182 e. The quantitative estimate of drug-likeness (QED) is 0.688. The molecule has 1 atom stereocenters. The highest BCUT2D eigenvalue weighted by Crippen LogP contribution is 2.21. The molecule has 0 saturated carbocycles. The monoisotopic (exact) mass is 253 g/mol. The van der Waals surface area contributed by atoms with Crippen LogP contribution in [-0.2, 0) is 4.74 Å². The summed E-state index contributed by atoms with van der Waals surface area (Å²) in [4.78, 5) is 7.31. The van der Waals surface area contributed by atoms with Crippen molar-refractivity contribution in [3.8, 4) is 0 Å². The topological polar surface area (TPSA) is 19.0 Å². The van der Waals surface area contributed by atoms with Crippen LogP contribution in [0.25, 0.3) is 0 Å². The van der Waals surface area contributed by atoms with E-state index >= 15 is 0 Å². The van der Waals surface area contributed by atoms with Crippen molar-refractivity contribution in [2.24, 2.45) is 0 Å². The second kappa shape index (κ2) is 5.10. The van der Waals surface area contributed by atoms with Gasteiger partial charge in [0.1, 0.15) is 5.60 Å². The Balaban J connectivity index is 1.91. The van der Waals surface area contributed by atoms with E-state index in [2.05, 4.69) is 49.1 Å². The minimum absolute atomic E-state index is 0.155. The Hall–Kier alpha value is -0.740. The van der Waals surface area contributed by atoms with Crippen LogP contribution in [0.1, 0.15) is 20.8 Å². The molecule has 4 heteroatoms. The van der Waals surface area contributed by atoms with Crippen molar-refractivity contribution in [3.05, 3.63) is 12.5 Å². The van der Waals surface area contributed by atoms with Gasteiger partial charge in [-0.05, 0) is 34.4 Å². The van der Waals surface area contributed by atoms with Crippen molar-refractivity contribution in [2.45, 2.75) is 32.4 Å². The lowest BCUT2D eigenvalue weighted by Gasteiger charge is -2.47. The van der Waals surface area contributed by atoms with Gasteiger partial charge in [0.2, 0.25) is 0 Å². The average molecular weight is 253 g/mol. The second-order valence-electron chi connectivity index (χ2n) is 6.51. The van der Waals surface area contributed by atoms with Gasteiger partial charge in [0.15, 0.2) is 5.88 Å². The van der Waals surface area contributed by atoms with Gasteiger partial charge < -0.3 is 14.5 Å². The van der Waals surface area contributed by atoms with Crippen LogP contribution >= 0.6 is 0 Å². The van der Waals surface area contributed by atoms with Gasteiger partial charge in [0.05, 0.1) is 0 Å². The molecule has 2 fully saturated rings. The lowest BCUT2D eigenvalue weighted by molar-refractivity contribution is -0.0340. The highest BCUT2D eigenvalue weighted by molar-refractivity contribution is 4.95. The molecular weight excluding hydrogens is 226 g/mol. The minimum Gasteiger partial charge on any atom is -0.474 e. The number of likely N-dealkylation sites (N-methyl/N-ethyl adjacent to an activating group) is 1. The predicted octanol–water partition coefficient (Wildman–Crippen LogP) is 1.20. The van der Waals surface area contributed by atoms with Crippen molar-refractivity contribution in [1.29, 1.82) is 0 Å². The largest absolute Gasteiger partial charge is 0.474 e. The van der Waals surface area contributed by atoms with Crippen LogP contribution in [0.2, 0.25) is 0 Å². The highest BCUT2D eigenvalue weighted by Gasteiger charge is 2.32. The molecule has 0 N–H and O–H groups in total. The van der Waals surface area contributed by atoms with Gasteiger partial charge in [-0.1, -0.05) is 0 Å². The van der Waals surface area contributed by atoms with Gasteiger partial charge in [-0.15, -0.1) is 0 Å². The molecule has 0 aromatic heterocycles. The van der Waals surface area contributed by atoms with E-state index < -0.39 is 0 Å². The first-order chi connectivity index (χ1) is 8.35. The van der Waals surface area contributed by atoms with Crippen LogP contribution in [0.3, 0.4) is 0 Å². The molecule has 1 unspecified atom stereocenters. The number of ether oxygens (including phenoxy) is 1. The van der Waals surface area contributed by atoms with Gasteiger partial charge in [-0.25, -0.2) is 0 Å². The van der Waals surface area contributed by atoms with Crippen molar-refractivity contribution in [3.63, 3.8) is 0 Å². The summed E-state index contributed by atoms with van der Waals surface area (Å²) >= 11 is 0. The number of hydrogen-bond acceptors (Lipinski definition) is 4. The zero-order chi connectivity index (χ0) is 13.3. The van der Waals surface area contributed by atoms with E-state index in [0.717, 1.165) is 32.1 Å². The van der Waals surface area contributed by atoms with E-state index in [-0.39, 0.29) is 5.60 Å². The van der Waals surface area contributed by atoms with Crippen molar-refractivity contribution >= 4 is 0 Å². The summed E-state index contributed by atoms with van der Waals surface area (Å²) in [5.74, 6) is 0.829. The summed E-state index contributed by atoms with van der Waals surface area (Å²) in [7, 11) is 2.21. The Labute approximate surface area is 111 Å². The molecule has 18 heavy (non-hydrogen) atoms. The van der Waals surface area contributed by atoms with E-state index in [4.69, 9.17) is 4.74 Å². The Morgan fingerprint density at radius 2 is 1.78 bits per heavy atom. The van der Waals surface area contributed by atoms with Crippen LogP contribution in [0.15, 0.2) is 12.5 Å². The van der Waals surface area contributed by atoms with Crippen LogP contribution in [0.5, 0.6) is 0 Å². The summed E-state index contributed by atoms with van der Waals surface area (Å²) in [5.41, 5.74) is -0.155. The summed E-state index contributed by atoms with van der Waals surface area (Å²) < 4.78 is 5.88. The van der Waals surface area contributed by atoms with Crippen LogP contribution in [-0.4, -0.2) is 72.7 Å². The van der Waals surface area contributed by atoms with E-state index in [1.165, 1.54) is 13.1 Å². The Bertz CT molecular complexity index is 311. The summed E-state index contributed by atoms with van der Waals surface area (Å²) in [6.45, 7) is 17.1. The van der Waals surface area contributed by atoms with Gasteiger partial charge in [-0.3, -0.25) is 4.90 Å². The lowest BCUT2D eigenvalue weighted by Crippen LogP contribution is -2.61. The molecule has 2 rings (SSSR count). The molecular formula is C14H27N3O. The third kappa shape index (κ3) is 3.39. The Morgan fingerprint density at radius 1 is 1.11 bits per heavy atom. The average Bonchev–Trinajstić information content (AvgIpc) is 2.25. The Kier molecular flexibility index (Phi) is 3.87. The fraction of sp³-hybridized carbons (Fsp3) is 0.857.